The third-order valence-corrected chi connectivity index (χ3v) is 4.62. The van der Waals surface area contributed by atoms with Crippen molar-refractivity contribution >= 4 is 17.1 Å². The van der Waals surface area contributed by atoms with E-state index in [1.807, 2.05) is 0 Å². The molecular formula is C25H23NO. The second-order valence-electron chi connectivity index (χ2n) is 6.47. The molecule has 0 unspecified atom stereocenters. The van der Waals surface area contributed by atoms with Crippen LogP contribution >= 0.6 is 0 Å². The number of benzene rings is 4. The highest BCUT2D eigenvalue weighted by atomic mass is 16.0. The van der Waals surface area contributed by atoms with Crippen molar-refractivity contribution < 1.29 is 10.4 Å². The molecule has 4 rings (SSSR count). The lowest BCUT2D eigenvalue weighted by atomic mass is 10.0. The number of nitrogens with one attached hydrogen (secondary N) is 1. The van der Waals surface area contributed by atoms with Gasteiger partial charge in [0.1, 0.15) is 17.1 Å². The molecule has 4 aromatic rings. The maximum absolute atomic E-state index is 2.24. The summed E-state index contributed by atoms with van der Waals surface area (Å²) in [5.41, 5.74) is 6.42. The molecule has 0 heterocycles. The van der Waals surface area contributed by atoms with Gasteiger partial charge in [-0.1, -0.05) is 78.9 Å². The fourth-order valence-electron chi connectivity index (χ4n) is 3.33. The van der Waals surface area contributed by atoms with Gasteiger partial charge >= 0.3 is 0 Å². The van der Waals surface area contributed by atoms with Gasteiger partial charge in [-0.3, -0.25) is 0 Å². The molecule has 2 N–H and O–H groups in total. The van der Waals surface area contributed by atoms with Crippen LogP contribution in [0.2, 0.25) is 0 Å². The highest BCUT2D eigenvalue weighted by Crippen LogP contribution is 2.17. The lowest BCUT2D eigenvalue weighted by Gasteiger charge is -2.18. The van der Waals surface area contributed by atoms with Gasteiger partial charge in [0.2, 0.25) is 0 Å². The van der Waals surface area contributed by atoms with Crippen LogP contribution in [0.4, 0.5) is 17.1 Å². The minimum atomic E-state index is 0. The van der Waals surface area contributed by atoms with Crippen LogP contribution in [0.1, 0.15) is 11.1 Å². The first-order valence-corrected chi connectivity index (χ1v) is 9.01. The van der Waals surface area contributed by atoms with Crippen molar-refractivity contribution in [2.45, 2.75) is 6.42 Å². The molecular weight excluding hydrogens is 330 g/mol. The van der Waals surface area contributed by atoms with Gasteiger partial charge in [-0.2, -0.15) is 0 Å². The van der Waals surface area contributed by atoms with E-state index >= 15 is 0 Å². The Kier molecular flexibility index (Phi) is 6.16. The Hall–Kier alpha value is -3.20. The molecule has 0 aliphatic rings. The van der Waals surface area contributed by atoms with Crippen LogP contribution in [0.3, 0.4) is 0 Å². The van der Waals surface area contributed by atoms with Gasteiger partial charge in [0.05, 0.1) is 0 Å². The molecule has 2 nitrogen and oxygen atoms in total. The molecule has 27 heavy (non-hydrogen) atoms. The number of hydrogen-bond acceptors (Lipinski definition) is 1. The smallest absolute Gasteiger partial charge is 0.141 e. The molecule has 0 bridgehead atoms. The minimum absolute atomic E-state index is 0. The molecule has 0 aromatic heterocycles. The molecule has 0 amide bonds. The molecule has 0 aliphatic heterocycles. The second kappa shape index (κ2) is 8.95. The largest absolute Gasteiger partial charge is 0.870 e. The fraction of sp³-hybridized carbons (Fsp3) is 0.0400. The summed E-state index contributed by atoms with van der Waals surface area (Å²) in [6, 6.07) is 40.8. The predicted octanol–water partition coefficient (Wildman–Crippen LogP) is 5.28. The fourth-order valence-corrected chi connectivity index (χ4v) is 3.33. The highest BCUT2D eigenvalue weighted by Gasteiger charge is 2.18. The van der Waals surface area contributed by atoms with Gasteiger partial charge in [0, 0.05) is 12.1 Å². The Morgan fingerprint density at radius 1 is 0.407 bits per heavy atom. The standard InChI is InChI=1S/C25H21N.H2O/c1-4-10-21(11-5-1)20-22-16-18-25(19-17-22)26(23-12-6-2-7-13-23)24-14-8-3-9-15-24;/h1-19H,20H2;1H2. The lowest BCUT2D eigenvalue weighted by Crippen LogP contribution is -2.96. The predicted molar refractivity (Wildman–Crippen MR) is 110 cm³/mol. The van der Waals surface area contributed by atoms with E-state index in [9.17, 15) is 0 Å². The van der Waals surface area contributed by atoms with Crippen molar-refractivity contribution in [1.82, 2.24) is 0 Å². The SMILES string of the molecule is [OH-].c1ccc(Cc2ccc([NH+](c3ccccc3)c3ccccc3)cc2)cc1. The Morgan fingerprint density at radius 3 is 1.26 bits per heavy atom. The van der Waals surface area contributed by atoms with Crippen molar-refractivity contribution in [3.05, 3.63) is 126 Å². The monoisotopic (exact) mass is 353 g/mol. The van der Waals surface area contributed by atoms with Gasteiger partial charge in [-0.25, -0.2) is 4.90 Å². The van der Waals surface area contributed by atoms with E-state index in [2.05, 4.69) is 115 Å². The maximum Gasteiger partial charge on any atom is 0.141 e. The topological polar surface area (TPSA) is 34.4 Å². The van der Waals surface area contributed by atoms with Crippen molar-refractivity contribution in [2.75, 3.05) is 0 Å². The molecule has 0 aliphatic carbocycles. The van der Waals surface area contributed by atoms with Gasteiger partial charge < -0.3 is 5.48 Å². The van der Waals surface area contributed by atoms with E-state index < -0.39 is 0 Å². The number of quaternary nitrogens is 1. The maximum atomic E-state index is 2.24. The Balaban J connectivity index is 0.00000210. The van der Waals surface area contributed by atoms with Crippen molar-refractivity contribution in [3.63, 3.8) is 0 Å². The molecule has 4 aromatic carbocycles. The molecule has 0 radical (unpaired) electrons. The Morgan fingerprint density at radius 2 is 0.778 bits per heavy atom. The molecule has 0 fully saturated rings. The first-order valence-electron chi connectivity index (χ1n) is 9.01. The Bertz CT molecular complexity index is 896. The zero-order valence-electron chi connectivity index (χ0n) is 15.1. The van der Waals surface area contributed by atoms with Crippen LogP contribution in [0, 0.1) is 0 Å². The van der Waals surface area contributed by atoms with Gasteiger partial charge in [0.15, 0.2) is 0 Å². The third kappa shape index (κ3) is 4.50. The zero-order valence-corrected chi connectivity index (χ0v) is 15.1. The summed E-state index contributed by atoms with van der Waals surface area (Å²) in [4.78, 5) is 1.28. The van der Waals surface area contributed by atoms with E-state index in [0.29, 0.717) is 0 Å². The first kappa shape index (κ1) is 18.6. The summed E-state index contributed by atoms with van der Waals surface area (Å²) < 4.78 is 0. The lowest BCUT2D eigenvalue weighted by molar-refractivity contribution is -0.681. The van der Waals surface area contributed by atoms with E-state index in [4.69, 9.17) is 0 Å². The highest BCUT2D eigenvalue weighted by molar-refractivity contribution is 5.46. The molecule has 0 spiro atoms. The van der Waals surface area contributed by atoms with Crippen LogP contribution in [0.25, 0.3) is 0 Å². The van der Waals surface area contributed by atoms with Crippen LogP contribution in [0.15, 0.2) is 115 Å². The molecule has 0 atom stereocenters. The second-order valence-corrected chi connectivity index (χ2v) is 6.47. The van der Waals surface area contributed by atoms with Crippen LogP contribution in [0.5, 0.6) is 0 Å². The van der Waals surface area contributed by atoms with Crippen molar-refractivity contribution in [2.24, 2.45) is 0 Å². The third-order valence-electron chi connectivity index (χ3n) is 4.62. The van der Waals surface area contributed by atoms with Crippen LogP contribution in [-0.2, 0) is 6.42 Å². The summed E-state index contributed by atoms with van der Waals surface area (Å²) in [6.45, 7) is 0. The van der Waals surface area contributed by atoms with E-state index in [0.717, 1.165) is 6.42 Å². The summed E-state index contributed by atoms with van der Waals surface area (Å²) in [5, 5.41) is 0. The average Bonchev–Trinajstić information content (AvgIpc) is 2.72. The van der Waals surface area contributed by atoms with Gasteiger partial charge in [-0.05, 0) is 41.8 Å². The summed E-state index contributed by atoms with van der Waals surface area (Å²) in [7, 11) is 0. The molecule has 0 saturated carbocycles. The quantitative estimate of drug-likeness (QED) is 0.520. The number of rotatable bonds is 5. The summed E-state index contributed by atoms with van der Waals surface area (Å²) in [5.74, 6) is 0. The molecule has 0 saturated heterocycles. The summed E-state index contributed by atoms with van der Waals surface area (Å²) >= 11 is 0. The van der Waals surface area contributed by atoms with Crippen molar-refractivity contribution in [1.29, 1.82) is 0 Å². The molecule has 134 valence electrons. The Labute approximate surface area is 160 Å². The molecule has 2 heteroatoms. The van der Waals surface area contributed by atoms with E-state index in [1.54, 1.807) is 0 Å². The van der Waals surface area contributed by atoms with Gasteiger partial charge in [0.25, 0.3) is 0 Å². The zero-order chi connectivity index (χ0) is 17.6. The van der Waals surface area contributed by atoms with E-state index in [1.165, 1.54) is 33.1 Å². The average molecular weight is 353 g/mol. The number of hydrogen-bond donors (Lipinski definition) is 1. The summed E-state index contributed by atoms with van der Waals surface area (Å²) in [6.07, 6.45) is 0.965. The van der Waals surface area contributed by atoms with Gasteiger partial charge in [-0.15, -0.1) is 0 Å². The first-order chi connectivity index (χ1) is 12.9. The van der Waals surface area contributed by atoms with E-state index in [-0.39, 0.29) is 5.48 Å². The minimum Gasteiger partial charge on any atom is -0.870 e. The number of para-hydroxylation sites is 2. The van der Waals surface area contributed by atoms with Crippen LogP contribution in [-0.4, -0.2) is 5.48 Å². The van der Waals surface area contributed by atoms with Crippen molar-refractivity contribution in [3.8, 4) is 0 Å². The van der Waals surface area contributed by atoms with Crippen LogP contribution < -0.4 is 4.90 Å². The normalized spacial score (nSPS) is 10.4.